The summed E-state index contributed by atoms with van der Waals surface area (Å²) in [7, 11) is -4.00. The lowest BCUT2D eigenvalue weighted by molar-refractivity contribution is 0.362. The van der Waals surface area contributed by atoms with E-state index in [-0.39, 0.29) is 0 Å². The molecule has 1 unspecified atom stereocenters. The van der Waals surface area contributed by atoms with Crippen LogP contribution in [-0.2, 0) is 10.1 Å². The van der Waals surface area contributed by atoms with Crippen LogP contribution >= 0.6 is 0 Å². The number of rotatable bonds is 2. The van der Waals surface area contributed by atoms with Crippen LogP contribution in [0.4, 0.5) is 0 Å². The third-order valence-electron chi connectivity index (χ3n) is 1.66. The Hall–Kier alpha value is -0.810. The molecule has 68 valence electrons. The Morgan fingerprint density at radius 1 is 1.50 bits per heavy atom. The Balaban J connectivity index is 2.91. The number of hydrogen-bond acceptors (Lipinski definition) is 3. The molecule has 0 amide bonds. The molecule has 0 aliphatic carbocycles. The molecule has 1 aliphatic rings. The maximum absolute atomic E-state index is 10.8. The minimum Gasteiger partial charge on any atom is -0.356 e. The van der Waals surface area contributed by atoms with Crippen LogP contribution in [0.15, 0.2) is 24.4 Å². The molecule has 1 rings (SSSR count). The van der Waals surface area contributed by atoms with E-state index in [9.17, 15) is 8.42 Å². The van der Waals surface area contributed by atoms with Gasteiger partial charge in [-0.15, -0.1) is 0 Å². The Morgan fingerprint density at radius 2 is 2.17 bits per heavy atom. The fourth-order valence-corrected chi connectivity index (χ4v) is 1.92. The summed E-state index contributed by atoms with van der Waals surface area (Å²) in [6.45, 7) is 2.37. The fourth-order valence-electron chi connectivity index (χ4n) is 1.07. The van der Waals surface area contributed by atoms with E-state index in [1.54, 1.807) is 18.4 Å². The van der Waals surface area contributed by atoms with Gasteiger partial charge in [0.1, 0.15) is 0 Å². The van der Waals surface area contributed by atoms with Crippen LogP contribution in [-0.4, -0.2) is 29.8 Å². The minimum absolute atomic E-state index is 0.547. The molecule has 1 aliphatic heterocycles. The van der Waals surface area contributed by atoms with Gasteiger partial charge in [0.25, 0.3) is 10.1 Å². The first kappa shape index (κ1) is 9.28. The van der Waals surface area contributed by atoms with Crippen LogP contribution in [0.5, 0.6) is 0 Å². The van der Waals surface area contributed by atoms with E-state index in [4.69, 9.17) is 4.55 Å². The molecule has 0 fully saturated rings. The second-order valence-electron chi connectivity index (χ2n) is 2.46. The second-order valence-corrected chi connectivity index (χ2v) is 3.98. The molecular formula is C7H11NO3S. The largest absolute Gasteiger partial charge is 0.356 e. The zero-order valence-electron chi connectivity index (χ0n) is 6.71. The molecule has 0 saturated carbocycles. The van der Waals surface area contributed by atoms with Crippen molar-refractivity contribution in [1.82, 2.24) is 4.90 Å². The first-order valence-electron chi connectivity index (χ1n) is 3.62. The Labute approximate surface area is 71.9 Å². The van der Waals surface area contributed by atoms with Crippen LogP contribution in [0, 0.1) is 0 Å². The van der Waals surface area contributed by atoms with Gasteiger partial charge in [-0.25, -0.2) is 0 Å². The quantitative estimate of drug-likeness (QED) is 0.646. The molecule has 1 N–H and O–H groups in total. The van der Waals surface area contributed by atoms with E-state index in [0.717, 1.165) is 0 Å². The standard InChI is InChI=1S/C7H11NO3S/c1-2-8-6-4-3-5-7(8)12(9,10)11/h3-7H,2H2,1H3,(H,9,10,11). The topological polar surface area (TPSA) is 57.6 Å². The minimum atomic E-state index is -4.00. The molecule has 1 atom stereocenters. The average Bonchev–Trinajstić information content (AvgIpc) is 2.03. The SMILES string of the molecule is CCN1C=CC=CC1S(=O)(=O)O. The smallest absolute Gasteiger partial charge is 0.290 e. The lowest BCUT2D eigenvalue weighted by Gasteiger charge is -2.26. The third kappa shape index (κ3) is 1.86. The van der Waals surface area contributed by atoms with Crippen molar-refractivity contribution in [2.24, 2.45) is 0 Å². The summed E-state index contributed by atoms with van der Waals surface area (Å²) in [5.74, 6) is 0. The van der Waals surface area contributed by atoms with Gasteiger partial charge in [-0.3, -0.25) is 4.55 Å². The second kappa shape index (κ2) is 3.28. The maximum atomic E-state index is 10.8. The van der Waals surface area contributed by atoms with Crippen molar-refractivity contribution >= 4 is 10.1 Å². The summed E-state index contributed by atoms with van der Waals surface area (Å²) in [6, 6.07) is 0. The number of hydrogen-bond donors (Lipinski definition) is 1. The van der Waals surface area contributed by atoms with Gasteiger partial charge in [-0.1, -0.05) is 6.08 Å². The lowest BCUT2D eigenvalue weighted by Crippen LogP contribution is -2.36. The molecule has 1 heterocycles. The Kier molecular flexibility index (Phi) is 2.54. The summed E-state index contributed by atoms with van der Waals surface area (Å²) >= 11 is 0. The van der Waals surface area contributed by atoms with Gasteiger partial charge in [0, 0.05) is 12.7 Å². The Bertz CT molecular complexity index is 305. The molecule has 4 nitrogen and oxygen atoms in total. The van der Waals surface area contributed by atoms with Gasteiger partial charge in [0.2, 0.25) is 0 Å². The highest BCUT2D eigenvalue weighted by atomic mass is 32.2. The summed E-state index contributed by atoms with van der Waals surface area (Å²) in [4.78, 5) is 1.54. The van der Waals surface area contributed by atoms with Crippen LogP contribution in [0.3, 0.4) is 0 Å². The summed E-state index contributed by atoms with van der Waals surface area (Å²) in [5.41, 5.74) is 0. The fraction of sp³-hybridized carbons (Fsp3) is 0.429. The molecule has 0 bridgehead atoms. The average molecular weight is 189 g/mol. The van der Waals surface area contributed by atoms with Crippen molar-refractivity contribution in [3.05, 3.63) is 24.4 Å². The first-order chi connectivity index (χ1) is 5.55. The highest BCUT2D eigenvalue weighted by Crippen LogP contribution is 2.12. The number of nitrogens with zero attached hydrogens (tertiary/aromatic N) is 1. The zero-order chi connectivity index (χ0) is 9.19. The van der Waals surface area contributed by atoms with E-state index < -0.39 is 15.5 Å². The van der Waals surface area contributed by atoms with Crippen molar-refractivity contribution in [3.8, 4) is 0 Å². The summed E-state index contributed by atoms with van der Waals surface area (Å²) in [6.07, 6.45) is 6.41. The molecule has 0 spiro atoms. The van der Waals surface area contributed by atoms with Crippen molar-refractivity contribution in [3.63, 3.8) is 0 Å². The normalized spacial score (nSPS) is 23.2. The van der Waals surface area contributed by atoms with Crippen LogP contribution in [0.25, 0.3) is 0 Å². The molecular weight excluding hydrogens is 178 g/mol. The Morgan fingerprint density at radius 3 is 2.58 bits per heavy atom. The molecule has 0 aromatic heterocycles. The number of allylic oxidation sites excluding steroid dienone is 2. The molecule has 12 heavy (non-hydrogen) atoms. The van der Waals surface area contributed by atoms with Crippen LogP contribution in [0.2, 0.25) is 0 Å². The predicted octanol–water partition coefficient (Wildman–Crippen LogP) is 0.606. The van der Waals surface area contributed by atoms with Crippen LogP contribution < -0.4 is 0 Å². The van der Waals surface area contributed by atoms with E-state index in [1.807, 2.05) is 6.92 Å². The van der Waals surface area contributed by atoms with E-state index >= 15 is 0 Å². The summed E-state index contributed by atoms with van der Waals surface area (Å²) in [5, 5.41) is -0.924. The molecule has 0 saturated heterocycles. The predicted molar refractivity (Wildman–Crippen MR) is 46.0 cm³/mol. The van der Waals surface area contributed by atoms with Gasteiger partial charge < -0.3 is 4.90 Å². The molecule has 0 aromatic rings. The highest BCUT2D eigenvalue weighted by molar-refractivity contribution is 7.86. The van der Waals surface area contributed by atoms with Crippen molar-refractivity contribution in [2.45, 2.75) is 12.3 Å². The van der Waals surface area contributed by atoms with Gasteiger partial charge >= 0.3 is 0 Å². The first-order valence-corrected chi connectivity index (χ1v) is 5.13. The maximum Gasteiger partial charge on any atom is 0.290 e. The highest BCUT2D eigenvalue weighted by Gasteiger charge is 2.25. The molecule has 5 heteroatoms. The molecule has 0 radical (unpaired) electrons. The van der Waals surface area contributed by atoms with Crippen molar-refractivity contribution in [2.75, 3.05) is 6.54 Å². The van der Waals surface area contributed by atoms with E-state index in [0.29, 0.717) is 6.54 Å². The van der Waals surface area contributed by atoms with Gasteiger partial charge in [0.05, 0.1) is 0 Å². The van der Waals surface area contributed by atoms with Crippen molar-refractivity contribution in [1.29, 1.82) is 0 Å². The van der Waals surface area contributed by atoms with E-state index in [2.05, 4.69) is 0 Å². The van der Waals surface area contributed by atoms with E-state index in [1.165, 1.54) is 11.0 Å². The van der Waals surface area contributed by atoms with Crippen LogP contribution in [0.1, 0.15) is 6.92 Å². The monoisotopic (exact) mass is 189 g/mol. The third-order valence-corrected chi connectivity index (χ3v) is 2.70. The van der Waals surface area contributed by atoms with Crippen molar-refractivity contribution < 1.29 is 13.0 Å². The van der Waals surface area contributed by atoms with Gasteiger partial charge in [0.15, 0.2) is 5.37 Å². The van der Waals surface area contributed by atoms with Gasteiger partial charge in [-0.05, 0) is 19.1 Å². The number of likely N-dealkylation sites (N-methyl/N-ethyl adjacent to an activating group) is 1. The summed E-state index contributed by atoms with van der Waals surface area (Å²) < 4.78 is 30.4. The molecule has 0 aromatic carbocycles. The lowest BCUT2D eigenvalue weighted by atomic mass is 10.3. The zero-order valence-corrected chi connectivity index (χ0v) is 7.53. The van der Waals surface area contributed by atoms with Gasteiger partial charge in [-0.2, -0.15) is 8.42 Å².